The standard InChI is InChI=1S/C12H16N4O/c1-12(17-2)4-3-7-16(9-12)11-10(8-13)14-5-6-15-11/h5-6H,3-4,7,9H2,1-2H3. The minimum Gasteiger partial charge on any atom is -0.377 e. The van der Waals surface area contributed by atoms with Crippen molar-refractivity contribution in [3.63, 3.8) is 0 Å². The van der Waals surface area contributed by atoms with E-state index in [2.05, 4.69) is 27.9 Å². The van der Waals surface area contributed by atoms with E-state index in [1.807, 2.05) is 0 Å². The van der Waals surface area contributed by atoms with Gasteiger partial charge < -0.3 is 9.64 Å². The number of methoxy groups -OCH3 is 1. The molecule has 1 aromatic rings. The van der Waals surface area contributed by atoms with Gasteiger partial charge in [-0.3, -0.25) is 0 Å². The Morgan fingerprint density at radius 2 is 2.24 bits per heavy atom. The number of piperidine rings is 1. The zero-order valence-electron chi connectivity index (χ0n) is 10.2. The van der Waals surface area contributed by atoms with Crippen LogP contribution in [0.2, 0.25) is 0 Å². The van der Waals surface area contributed by atoms with Crippen LogP contribution in [0.5, 0.6) is 0 Å². The van der Waals surface area contributed by atoms with E-state index in [0.717, 1.165) is 25.9 Å². The number of hydrogen-bond acceptors (Lipinski definition) is 5. The van der Waals surface area contributed by atoms with Crippen molar-refractivity contribution in [1.82, 2.24) is 9.97 Å². The first kappa shape index (κ1) is 11.8. The summed E-state index contributed by atoms with van der Waals surface area (Å²) in [4.78, 5) is 10.4. The number of aromatic nitrogens is 2. The lowest BCUT2D eigenvalue weighted by molar-refractivity contribution is -0.00483. The largest absolute Gasteiger partial charge is 0.377 e. The van der Waals surface area contributed by atoms with Gasteiger partial charge in [-0.25, -0.2) is 9.97 Å². The topological polar surface area (TPSA) is 62.0 Å². The van der Waals surface area contributed by atoms with Crippen molar-refractivity contribution in [2.45, 2.75) is 25.4 Å². The fourth-order valence-corrected chi connectivity index (χ4v) is 2.19. The SMILES string of the molecule is COC1(C)CCCN(c2nccnc2C#N)C1. The Labute approximate surface area is 101 Å². The summed E-state index contributed by atoms with van der Waals surface area (Å²) in [6.07, 6.45) is 5.23. The molecule has 0 saturated carbocycles. The molecule has 0 bridgehead atoms. The number of rotatable bonds is 2. The monoisotopic (exact) mass is 232 g/mol. The smallest absolute Gasteiger partial charge is 0.183 e. The molecule has 0 amide bonds. The van der Waals surface area contributed by atoms with E-state index in [4.69, 9.17) is 10.00 Å². The fraction of sp³-hybridized carbons (Fsp3) is 0.583. The molecule has 1 aliphatic heterocycles. The third kappa shape index (κ3) is 2.37. The zero-order valence-corrected chi connectivity index (χ0v) is 10.2. The quantitative estimate of drug-likeness (QED) is 0.770. The molecule has 5 heteroatoms. The lowest BCUT2D eigenvalue weighted by atomic mass is 9.95. The van der Waals surface area contributed by atoms with Crippen LogP contribution in [-0.4, -0.2) is 35.8 Å². The van der Waals surface area contributed by atoms with Crippen LogP contribution >= 0.6 is 0 Å². The van der Waals surface area contributed by atoms with E-state index in [-0.39, 0.29) is 5.60 Å². The average Bonchev–Trinajstić information content (AvgIpc) is 2.39. The van der Waals surface area contributed by atoms with E-state index in [9.17, 15) is 0 Å². The van der Waals surface area contributed by atoms with Crippen LogP contribution in [0.3, 0.4) is 0 Å². The average molecular weight is 232 g/mol. The molecule has 5 nitrogen and oxygen atoms in total. The van der Waals surface area contributed by atoms with Gasteiger partial charge in [0, 0.05) is 32.6 Å². The summed E-state index contributed by atoms with van der Waals surface area (Å²) in [5, 5.41) is 9.03. The minimum atomic E-state index is -0.164. The summed E-state index contributed by atoms with van der Waals surface area (Å²) >= 11 is 0. The molecule has 0 radical (unpaired) electrons. The van der Waals surface area contributed by atoms with Gasteiger partial charge in [-0.15, -0.1) is 0 Å². The molecule has 1 aromatic heterocycles. The van der Waals surface area contributed by atoms with Crippen molar-refractivity contribution in [1.29, 1.82) is 5.26 Å². The van der Waals surface area contributed by atoms with Crippen molar-refractivity contribution in [2.24, 2.45) is 0 Å². The molecule has 0 aromatic carbocycles. The predicted molar refractivity (Wildman–Crippen MR) is 63.6 cm³/mol. The summed E-state index contributed by atoms with van der Waals surface area (Å²) < 4.78 is 5.53. The van der Waals surface area contributed by atoms with Crippen LogP contribution < -0.4 is 4.90 Å². The van der Waals surface area contributed by atoms with Crippen LogP contribution in [0.1, 0.15) is 25.5 Å². The molecule has 0 N–H and O–H groups in total. The molecule has 90 valence electrons. The molecule has 17 heavy (non-hydrogen) atoms. The Morgan fingerprint density at radius 3 is 2.94 bits per heavy atom. The van der Waals surface area contributed by atoms with Crippen molar-refractivity contribution in [3.8, 4) is 6.07 Å². The molecule has 1 saturated heterocycles. The number of hydrogen-bond donors (Lipinski definition) is 0. The van der Waals surface area contributed by atoms with Crippen LogP contribution in [0.25, 0.3) is 0 Å². The first-order chi connectivity index (χ1) is 8.18. The number of ether oxygens (including phenoxy) is 1. The highest BCUT2D eigenvalue weighted by Gasteiger charge is 2.32. The van der Waals surface area contributed by atoms with Crippen molar-refractivity contribution >= 4 is 5.82 Å². The van der Waals surface area contributed by atoms with Gasteiger partial charge in [0.2, 0.25) is 0 Å². The highest BCUT2D eigenvalue weighted by molar-refractivity contribution is 5.50. The molecular weight excluding hydrogens is 216 g/mol. The van der Waals surface area contributed by atoms with Gasteiger partial charge in [0.05, 0.1) is 5.60 Å². The first-order valence-corrected chi connectivity index (χ1v) is 5.70. The van der Waals surface area contributed by atoms with Crippen LogP contribution in [-0.2, 0) is 4.74 Å². The summed E-state index contributed by atoms with van der Waals surface area (Å²) in [6, 6.07) is 2.08. The molecule has 1 fully saturated rings. The molecular formula is C12H16N4O. The van der Waals surface area contributed by atoms with E-state index in [1.165, 1.54) is 0 Å². The predicted octanol–water partition coefficient (Wildman–Crippen LogP) is 1.35. The Morgan fingerprint density at radius 1 is 1.47 bits per heavy atom. The van der Waals surface area contributed by atoms with Gasteiger partial charge in [-0.2, -0.15) is 5.26 Å². The van der Waals surface area contributed by atoms with Gasteiger partial charge in [-0.1, -0.05) is 0 Å². The second kappa shape index (κ2) is 4.68. The Hall–Kier alpha value is -1.67. The van der Waals surface area contributed by atoms with Gasteiger partial charge in [-0.05, 0) is 19.8 Å². The van der Waals surface area contributed by atoms with E-state index < -0.39 is 0 Å². The van der Waals surface area contributed by atoms with E-state index in [0.29, 0.717) is 11.5 Å². The Kier molecular flexibility index (Phi) is 3.25. The normalized spacial score (nSPS) is 24.4. The minimum absolute atomic E-state index is 0.164. The Balaban J connectivity index is 2.26. The third-order valence-electron chi connectivity index (χ3n) is 3.24. The fourth-order valence-electron chi connectivity index (χ4n) is 2.19. The summed E-state index contributed by atoms with van der Waals surface area (Å²) in [7, 11) is 1.73. The molecule has 1 atom stereocenters. The maximum absolute atomic E-state index is 9.03. The number of nitriles is 1. The van der Waals surface area contributed by atoms with Gasteiger partial charge >= 0.3 is 0 Å². The lowest BCUT2D eigenvalue weighted by Gasteiger charge is -2.40. The van der Waals surface area contributed by atoms with E-state index in [1.54, 1.807) is 19.5 Å². The van der Waals surface area contributed by atoms with Gasteiger partial charge in [0.25, 0.3) is 0 Å². The second-order valence-electron chi connectivity index (χ2n) is 4.52. The maximum Gasteiger partial charge on any atom is 0.183 e. The summed E-state index contributed by atoms with van der Waals surface area (Å²) in [6.45, 7) is 3.73. The molecule has 2 heterocycles. The second-order valence-corrected chi connectivity index (χ2v) is 4.52. The Bertz CT molecular complexity index is 442. The van der Waals surface area contributed by atoms with Gasteiger partial charge in [0.1, 0.15) is 6.07 Å². The summed E-state index contributed by atoms with van der Waals surface area (Å²) in [5.74, 6) is 0.665. The highest BCUT2D eigenvalue weighted by atomic mass is 16.5. The summed E-state index contributed by atoms with van der Waals surface area (Å²) in [5.41, 5.74) is 0.218. The van der Waals surface area contributed by atoms with Crippen molar-refractivity contribution in [2.75, 3.05) is 25.1 Å². The maximum atomic E-state index is 9.03. The van der Waals surface area contributed by atoms with Crippen LogP contribution in [0.15, 0.2) is 12.4 Å². The van der Waals surface area contributed by atoms with Crippen LogP contribution in [0, 0.1) is 11.3 Å². The molecule has 0 aliphatic carbocycles. The van der Waals surface area contributed by atoms with Crippen LogP contribution in [0.4, 0.5) is 5.82 Å². The van der Waals surface area contributed by atoms with Gasteiger partial charge in [0.15, 0.2) is 11.5 Å². The molecule has 2 rings (SSSR count). The molecule has 0 spiro atoms. The van der Waals surface area contributed by atoms with Crippen molar-refractivity contribution in [3.05, 3.63) is 18.1 Å². The first-order valence-electron chi connectivity index (χ1n) is 5.70. The number of nitrogens with zero attached hydrogens (tertiary/aromatic N) is 4. The van der Waals surface area contributed by atoms with E-state index >= 15 is 0 Å². The number of anilines is 1. The molecule has 1 unspecified atom stereocenters. The lowest BCUT2D eigenvalue weighted by Crippen LogP contribution is -2.48. The molecule has 1 aliphatic rings. The zero-order chi connectivity index (χ0) is 12.3. The highest BCUT2D eigenvalue weighted by Crippen LogP contribution is 2.27. The third-order valence-corrected chi connectivity index (χ3v) is 3.24. The van der Waals surface area contributed by atoms with Crippen molar-refractivity contribution < 1.29 is 4.74 Å².